The number of carboxylic acids is 1. The zero-order valence-corrected chi connectivity index (χ0v) is 11.7. The first-order valence-electron chi connectivity index (χ1n) is 5.55. The lowest BCUT2D eigenvalue weighted by molar-refractivity contribution is -0.120. The van der Waals surface area contributed by atoms with Crippen LogP contribution >= 0.6 is 23.2 Å². The number of carbonyl (C=O) groups is 2. The van der Waals surface area contributed by atoms with Crippen molar-refractivity contribution in [3.63, 3.8) is 0 Å². The van der Waals surface area contributed by atoms with E-state index in [2.05, 4.69) is 5.32 Å². The summed E-state index contributed by atoms with van der Waals surface area (Å²) in [5.74, 6) is -1.70. The number of amides is 1. The van der Waals surface area contributed by atoms with Gasteiger partial charge in [-0.25, -0.2) is 4.79 Å². The normalized spacial score (nSPS) is 10.3. The highest BCUT2D eigenvalue weighted by atomic mass is 35.5. The van der Waals surface area contributed by atoms with Gasteiger partial charge in [0.15, 0.2) is 0 Å². The lowest BCUT2D eigenvalue weighted by Gasteiger charge is -2.11. The Morgan fingerprint density at radius 2 is 2.05 bits per heavy atom. The van der Waals surface area contributed by atoms with Crippen LogP contribution in [-0.4, -0.2) is 30.2 Å². The highest BCUT2D eigenvalue weighted by molar-refractivity contribution is 6.37. The zero-order chi connectivity index (χ0) is 14.4. The standard InChI is InChI=1S/C12H13Cl2NO4/c1-2-3-19-6-10(16)15-11-8(12(17)18)4-7(13)5-9(11)14/h4-5H,2-3,6H2,1H3,(H,15,16)(H,17,18). The van der Waals surface area contributed by atoms with Gasteiger partial charge in [-0.15, -0.1) is 0 Å². The lowest BCUT2D eigenvalue weighted by Crippen LogP contribution is -2.20. The number of aromatic carboxylic acids is 1. The SMILES string of the molecule is CCCOCC(=O)Nc1c(Cl)cc(Cl)cc1C(=O)O. The monoisotopic (exact) mass is 305 g/mol. The first-order chi connectivity index (χ1) is 8.95. The Kier molecular flexibility index (Phi) is 6.08. The Labute approximate surface area is 120 Å². The number of hydrogen-bond donors (Lipinski definition) is 2. The van der Waals surface area contributed by atoms with E-state index in [0.717, 1.165) is 6.42 Å². The number of halogens is 2. The largest absolute Gasteiger partial charge is 0.478 e. The summed E-state index contributed by atoms with van der Waals surface area (Å²) >= 11 is 11.6. The molecule has 0 saturated carbocycles. The van der Waals surface area contributed by atoms with E-state index in [1.807, 2.05) is 6.92 Å². The number of hydrogen-bond acceptors (Lipinski definition) is 3. The second-order valence-corrected chi connectivity index (χ2v) is 4.56. The molecule has 0 saturated heterocycles. The van der Waals surface area contributed by atoms with E-state index in [4.69, 9.17) is 33.0 Å². The van der Waals surface area contributed by atoms with Gasteiger partial charge in [0.1, 0.15) is 6.61 Å². The molecule has 5 nitrogen and oxygen atoms in total. The van der Waals surface area contributed by atoms with Crippen LogP contribution in [0.5, 0.6) is 0 Å². The zero-order valence-electron chi connectivity index (χ0n) is 10.2. The van der Waals surface area contributed by atoms with Crippen molar-refractivity contribution in [2.45, 2.75) is 13.3 Å². The van der Waals surface area contributed by atoms with Crippen LogP contribution in [0.1, 0.15) is 23.7 Å². The molecule has 0 aliphatic heterocycles. The molecule has 0 unspecified atom stereocenters. The van der Waals surface area contributed by atoms with Crippen molar-refractivity contribution in [3.05, 3.63) is 27.7 Å². The summed E-state index contributed by atoms with van der Waals surface area (Å²) in [7, 11) is 0. The van der Waals surface area contributed by atoms with Crippen LogP contribution < -0.4 is 5.32 Å². The summed E-state index contributed by atoms with van der Waals surface area (Å²) in [6.07, 6.45) is 0.787. The minimum atomic E-state index is -1.23. The van der Waals surface area contributed by atoms with E-state index in [-0.39, 0.29) is 27.9 Å². The molecule has 0 spiro atoms. The Hall–Kier alpha value is -1.30. The maximum absolute atomic E-state index is 11.6. The molecule has 1 amide bonds. The number of anilines is 1. The molecule has 0 heterocycles. The average Bonchev–Trinajstić information content (AvgIpc) is 2.32. The molecule has 19 heavy (non-hydrogen) atoms. The van der Waals surface area contributed by atoms with Crippen molar-refractivity contribution in [1.29, 1.82) is 0 Å². The van der Waals surface area contributed by atoms with Crippen molar-refractivity contribution in [3.8, 4) is 0 Å². The topological polar surface area (TPSA) is 75.6 Å². The van der Waals surface area contributed by atoms with Crippen LogP contribution in [0.25, 0.3) is 0 Å². The molecule has 104 valence electrons. The molecule has 0 aliphatic rings. The number of benzene rings is 1. The van der Waals surface area contributed by atoms with Crippen molar-refractivity contribution in [1.82, 2.24) is 0 Å². The van der Waals surface area contributed by atoms with Gasteiger partial charge in [-0.3, -0.25) is 4.79 Å². The maximum atomic E-state index is 11.6. The average molecular weight is 306 g/mol. The summed E-state index contributed by atoms with van der Waals surface area (Å²) < 4.78 is 5.05. The molecule has 1 aromatic carbocycles. The Morgan fingerprint density at radius 3 is 2.63 bits per heavy atom. The summed E-state index contributed by atoms with van der Waals surface area (Å²) in [6.45, 7) is 2.20. The highest BCUT2D eigenvalue weighted by Gasteiger charge is 2.17. The van der Waals surface area contributed by atoms with E-state index in [1.165, 1.54) is 12.1 Å². The van der Waals surface area contributed by atoms with Crippen LogP contribution in [-0.2, 0) is 9.53 Å². The number of nitrogens with one attached hydrogen (secondary N) is 1. The minimum absolute atomic E-state index is 0.0173. The predicted molar refractivity (Wildman–Crippen MR) is 73.2 cm³/mol. The van der Waals surface area contributed by atoms with E-state index in [1.54, 1.807) is 0 Å². The summed E-state index contributed by atoms with van der Waals surface area (Å²) in [5, 5.41) is 11.7. The number of carbonyl (C=O) groups excluding carboxylic acids is 1. The second-order valence-electron chi connectivity index (χ2n) is 3.72. The number of carboxylic acid groups (broad SMARTS) is 1. The smallest absolute Gasteiger partial charge is 0.337 e. The Bertz CT molecular complexity index is 491. The van der Waals surface area contributed by atoms with Crippen LogP contribution in [0.2, 0.25) is 10.0 Å². The molecular formula is C12H13Cl2NO4. The third-order valence-electron chi connectivity index (χ3n) is 2.13. The first kappa shape index (κ1) is 15.8. The van der Waals surface area contributed by atoms with Crippen LogP contribution in [0, 0.1) is 0 Å². The fraction of sp³-hybridized carbons (Fsp3) is 0.333. The van der Waals surface area contributed by atoms with Gasteiger partial charge in [-0.05, 0) is 18.6 Å². The van der Waals surface area contributed by atoms with Gasteiger partial charge in [0.2, 0.25) is 5.91 Å². The van der Waals surface area contributed by atoms with Crippen molar-refractivity contribution in [2.75, 3.05) is 18.5 Å². The Balaban J connectivity index is 2.88. The van der Waals surface area contributed by atoms with Gasteiger partial charge in [-0.1, -0.05) is 30.1 Å². The van der Waals surface area contributed by atoms with Crippen LogP contribution in [0.15, 0.2) is 12.1 Å². The van der Waals surface area contributed by atoms with Gasteiger partial charge < -0.3 is 15.2 Å². The quantitative estimate of drug-likeness (QED) is 0.792. The third-order valence-corrected chi connectivity index (χ3v) is 2.65. The van der Waals surface area contributed by atoms with Gasteiger partial charge in [-0.2, -0.15) is 0 Å². The fourth-order valence-corrected chi connectivity index (χ4v) is 1.89. The van der Waals surface area contributed by atoms with E-state index >= 15 is 0 Å². The molecule has 0 aromatic heterocycles. The van der Waals surface area contributed by atoms with Gasteiger partial charge in [0, 0.05) is 11.6 Å². The molecule has 0 atom stereocenters. The molecule has 0 aliphatic carbocycles. The van der Waals surface area contributed by atoms with Gasteiger partial charge in [0.05, 0.1) is 16.3 Å². The molecule has 1 aromatic rings. The molecule has 7 heteroatoms. The third kappa shape index (κ3) is 4.70. The number of rotatable bonds is 6. The van der Waals surface area contributed by atoms with Gasteiger partial charge in [0.25, 0.3) is 0 Å². The second kappa shape index (κ2) is 7.33. The van der Waals surface area contributed by atoms with Crippen LogP contribution in [0.4, 0.5) is 5.69 Å². The van der Waals surface area contributed by atoms with Gasteiger partial charge >= 0.3 is 5.97 Å². The maximum Gasteiger partial charge on any atom is 0.337 e. The Morgan fingerprint density at radius 1 is 1.37 bits per heavy atom. The van der Waals surface area contributed by atoms with Crippen molar-refractivity contribution >= 4 is 40.8 Å². The molecular weight excluding hydrogens is 293 g/mol. The molecule has 1 rings (SSSR count). The molecule has 0 fully saturated rings. The molecule has 0 bridgehead atoms. The molecule has 2 N–H and O–H groups in total. The van der Waals surface area contributed by atoms with Crippen molar-refractivity contribution in [2.24, 2.45) is 0 Å². The highest BCUT2D eigenvalue weighted by Crippen LogP contribution is 2.30. The fourth-order valence-electron chi connectivity index (χ4n) is 1.35. The minimum Gasteiger partial charge on any atom is -0.478 e. The van der Waals surface area contributed by atoms with Crippen LogP contribution in [0.3, 0.4) is 0 Å². The van der Waals surface area contributed by atoms with E-state index in [9.17, 15) is 9.59 Å². The van der Waals surface area contributed by atoms with E-state index in [0.29, 0.717) is 6.61 Å². The summed E-state index contributed by atoms with van der Waals surface area (Å²) in [6, 6.07) is 2.58. The van der Waals surface area contributed by atoms with E-state index < -0.39 is 11.9 Å². The predicted octanol–water partition coefficient (Wildman–Crippen LogP) is 3.06. The number of ether oxygens (including phenoxy) is 1. The lowest BCUT2D eigenvalue weighted by atomic mass is 10.1. The summed E-state index contributed by atoms with van der Waals surface area (Å²) in [4.78, 5) is 22.6. The summed E-state index contributed by atoms with van der Waals surface area (Å²) in [5.41, 5.74) is -0.148. The first-order valence-corrected chi connectivity index (χ1v) is 6.31. The molecule has 0 radical (unpaired) electrons. The van der Waals surface area contributed by atoms with Crippen molar-refractivity contribution < 1.29 is 19.4 Å².